The summed E-state index contributed by atoms with van der Waals surface area (Å²) in [5.41, 5.74) is 5.96. The minimum absolute atomic E-state index is 0.343. The summed E-state index contributed by atoms with van der Waals surface area (Å²) < 4.78 is 0. The van der Waals surface area contributed by atoms with E-state index in [1.807, 2.05) is 12.3 Å². The number of amides is 1. The number of carbonyl (C=O) groups excluding carboxylic acids is 1. The summed E-state index contributed by atoms with van der Waals surface area (Å²) in [6, 6.07) is 0. The zero-order chi connectivity index (χ0) is 14.2. The summed E-state index contributed by atoms with van der Waals surface area (Å²) >= 11 is 1.57. The number of thiophene rings is 1. The van der Waals surface area contributed by atoms with Crippen molar-refractivity contribution in [3.8, 4) is 0 Å². The van der Waals surface area contributed by atoms with Gasteiger partial charge in [-0.25, -0.2) is 9.97 Å². The summed E-state index contributed by atoms with van der Waals surface area (Å²) in [5, 5.41) is 9.53. The Morgan fingerprint density at radius 1 is 1.55 bits per heavy atom. The van der Waals surface area contributed by atoms with E-state index in [1.54, 1.807) is 11.3 Å². The van der Waals surface area contributed by atoms with Crippen LogP contribution < -0.4 is 16.4 Å². The Morgan fingerprint density at radius 2 is 2.40 bits per heavy atom. The van der Waals surface area contributed by atoms with Crippen LogP contribution in [0.2, 0.25) is 0 Å². The predicted octanol–water partition coefficient (Wildman–Crippen LogP) is 1.02. The highest BCUT2D eigenvalue weighted by molar-refractivity contribution is 7.17. The van der Waals surface area contributed by atoms with E-state index >= 15 is 0 Å². The maximum absolute atomic E-state index is 11.9. The van der Waals surface area contributed by atoms with E-state index < -0.39 is 5.54 Å². The normalized spacial score (nSPS) is 22.9. The number of fused-ring (bicyclic) bond motifs is 1. The second kappa shape index (κ2) is 4.99. The third-order valence-corrected chi connectivity index (χ3v) is 4.77. The number of carbonyl (C=O) groups is 1. The maximum Gasteiger partial charge on any atom is 0.244 e. The fourth-order valence-electron chi connectivity index (χ4n) is 2.62. The van der Waals surface area contributed by atoms with Crippen molar-refractivity contribution >= 4 is 33.3 Å². The summed E-state index contributed by atoms with van der Waals surface area (Å²) in [4.78, 5) is 21.4. The van der Waals surface area contributed by atoms with Gasteiger partial charge >= 0.3 is 0 Å². The van der Waals surface area contributed by atoms with Gasteiger partial charge < -0.3 is 16.4 Å². The zero-order valence-corrected chi connectivity index (χ0v) is 12.1. The molecule has 4 N–H and O–H groups in total. The fraction of sp³-hybridized carbons (Fsp3) is 0.462. The number of aromatic nitrogens is 2. The van der Waals surface area contributed by atoms with Gasteiger partial charge in [-0.05, 0) is 37.3 Å². The lowest BCUT2D eigenvalue weighted by Crippen LogP contribution is -2.59. The van der Waals surface area contributed by atoms with Gasteiger partial charge in [-0.15, -0.1) is 11.3 Å². The van der Waals surface area contributed by atoms with Gasteiger partial charge in [0, 0.05) is 6.54 Å². The smallest absolute Gasteiger partial charge is 0.244 e. The first kappa shape index (κ1) is 13.3. The highest BCUT2D eigenvalue weighted by Gasteiger charge is 2.38. The lowest BCUT2D eigenvalue weighted by Gasteiger charge is -2.36. The number of hydrogen-bond donors (Lipinski definition) is 3. The number of nitrogens with one attached hydrogen (secondary N) is 2. The predicted molar refractivity (Wildman–Crippen MR) is 79.8 cm³/mol. The van der Waals surface area contributed by atoms with Crippen LogP contribution in [0.15, 0.2) is 11.7 Å². The van der Waals surface area contributed by atoms with Gasteiger partial charge in [-0.1, -0.05) is 0 Å². The molecule has 1 atom stereocenters. The van der Waals surface area contributed by atoms with Crippen LogP contribution in [-0.2, 0) is 4.79 Å². The molecule has 0 spiro atoms. The lowest BCUT2D eigenvalue weighted by atomic mass is 9.89. The van der Waals surface area contributed by atoms with E-state index in [2.05, 4.69) is 20.6 Å². The zero-order valence-electron chi connectivity index (χ0n) is 11.3. The van der Waals surface area contributed by atoms with E-state index in [1.165, 1.54) is 6.33 Å². The molecule has 1 amide bonds. The van der Waals surface area contributed by atoms with E-state index in [4.69, 9.17) is 5.73 Å². The van der Waals surface area contributed by atoms with Gasteiger partial charge in [0.1, 0.15) is 22.5 Å². The summed E-state index contributed by atoms with van der Waals surface area (Å²) in [6.45, 7) is 3.45. The first-order chi connectivity index (χ1) is 9.62. The number of piperidine rings is 1. The van der Waals surface area contributed by atoms with Gasteiger partial charge in [0.25, 0.3) is 0 Å². The van der Waals surface area contributed by atoms with E-state index in [0.717, 1.165) is 28.7 Å². The molecule has 0 saturated carbocycles. The molecule has 20 heavy (non-hydrogen) atoms. The first-order valence-corrected chi connectivity index (χ1v) is 7.48. The van der Waals surface area contributed by atoms with Gasteiger partial charge in [0.05, 0.1) is 5.39 Å². The minimum Gasteiger partial charge on any atom is -0.368 e. The van der Waals surface area contributed by atoms with Gasteiger partial charge in [-0.2, -0.15) is 0 Å². The number of aryl methyl sites for hydroxylation is 1. The molecule has 1 saturated heterocycles. The SMILES string of the molecule is Cc1csc2ncnc(NC3(C(N)=O)CCCNC3)c12. The van der Waals surface area contributed by atoms with E-state index in [0.29, 0.717) is 18.8 Å². The molecule has 0 aliphatic carbocycles. The van der Waals surface area contributed by atoms with Gasteiger partial charge in [0.15, 0.2) is 0 Å². The monoisotopic (exact) mass is 291 g/mol. The van der Waals surface area contributed by atoms with Crippen molar-refractivity contribution in [2.45, 2.75) is 25.3 Å². The second-order valence-electron chi connectivity index (χ2n) is 5.17. The maximum atomic E-state index is 11.9. The Bertz CT molecular complexity index is 647. The molecule has 1 aliphatic rings. The average Bonchev–Trinajstić information content (AvgIpc) is 2.83. The van der Waals surface area contributed by atoms with E-state index in [-0.39, 0.29) is 5.91 Å². The molecule has 0 radical (unpaired) electrons. The largest absolute Gasteiger partial charge is 0.368 e. The highest BCUT2D eigenvalue weighted by atomic mass is 32.1. The Hall–Kier alpha value is -1.73. The van der Waals surface area contributed by atoms with Crippen molar-refractivity contribution in [3.05, 3.63) is 17.3 Å². The van der Waals surface area contributed by atoms with Crippen molar-refractivity contribution in [2.24, 2.45) is 5.73 Å². The number of nitrogens with two attached hydrogens (primary N) is 1. The van der Waals surface area contributed by atoms with Crippen LogP contribution in [0.5, 0.6) is 0 Å². The van der Waals surface area contributed by atoms with Crippen molar-refractivity contribution in [1.82, 2.24) is 15.3 Å². The summed E-state index contributed by atoms with van der Waals surface area (Å²) in [6.07, 6.45) is 3.14. The second-order valence-corrected chi connectivity index (χ2v) is 6.03. The number of primary amides is 1. The summed E-state index contributed by atoms with van der Waals surface area (Å²) in [7, 11) is 0. The van der Waals surface area contributed by atoms with Gasteiger partial charge in [0.2, 0.25) is 5.91 Å². The van der Waals surface area contributed by atoms with Crippen LogP contribution >= 0.6 is 11.3 Å². The van der Waals surface area contributed by atoms with Crippen molar-refractivity contribution in [1.29, 1.82) is 0 Å². The van der Waals surface area contributed by atoms with Crippen molar-refractivity contribution in [2.75, 3.05) is 18.4 Å². The first-order valence-electron chi connectivity index (χ1n) is 6.60. The van der Waals surface area contributed by atoms with Gasteiger partial charge in [-0.3, -0.25) is 4.79 Å². The number of nitrogens with zero attached hydrogens (tertiary/aromatic N) is 2. The molecular formula is C13H17N5OS. The Kier molecular flexibility index (Phi) is 3.31. The number of rotatable bonds is 3. The molecule has 1 unspecified atom stereocenters. The molecule has 0 aromatic carbocycles. The molecule has 1 aliphatic heterocycles. The third kappa shape index (κ3) is 2.12. The lowest BCUT2D eigenvalue weighted by molar-refractivity contribution is -0.122. The molecule has 1 fully saturated rings. The van der Waals surface area contributed by atoms with Crippen molar-refractivity contribution < 1.29 is 4.79 Å². The molecule has 6 nitrogen and oxygen atoms in total. The van der Waals surface area contributed by atoms with E-state index in [9.17, 15) is 4.79 Å². The molecule has 3 heterocycles. The summed E-state index contributed by atoms with van der Waals surface area (Å²) in [5.74, 6) is 0.348. The highest BCUT2D eigenvalue weighted by Crippen LogP contribution is 2.31. The van der Waals surface area contributed by atoms with Crippen LogP contribution in [0, 0.1) is 6.92 Å². The van der Waals surface area contributed by atoms with Crippen LogP contribution in [0.3, 0.4) is 0 Å². The Morgan fingerprint density at radius 3 is 3.10 bits per heavy atom. The molecule has 2 aromatic heterocycles. The molecular weight excluding hydrogens is 274 g/mol. The number of anilines is 1. The molecule has 0 bridgehead atoms. The van der Waals surface area contributed by atoms with Crippen LogP contribution in [-0.4, -0.2) is 34.5 Å². The molecule has 3 rings (SSSR count). The topological polar surface area (TPSA) is 92.9 Å². The third-order valence-electron chi connectivity index (χ3n) is 3.77. The quantitative estimate of drug-likeness (QED) is 0.785. The van der Waals surface area contributed by atoms with Crippen LogP contribution in [0.4, 0.5) is 5.82 Å². The fourth-order valence-corrected chi connectivity index (χ4v) is 3.51. The Balaban J connectivity index is 2.02. The molecule has 7 heteroatoms. The Labute approximate surface area is 120 Å². The number of hydrogen-bond acceptors (Lipinski definition) is 6. The average molecular weight is 291 g/mol. The molecule has 106 valence electrons. The minimum atomic E-state index is -0.770. The van der Waals surface area contributed by atoms with Crippen LogP contribution in [0.1, 0.15) is 18.4 Å². The van der Waals surface area contributed by atoms with Crippen LogP contribution in [0.25, 0.3) is 10.2 Å². The standard InChI is InChI=1S/C13H17N5OS/c1-8-5-20-11-9(8)10(16-7-17-11)18-13(12(14)19)3-2-4-15-6-13/h5,7,15H,2-4,6H2,1H3,(H2,14,19)(H,16,17,18). The van der Waals surface area contributed by atoms with Crippen molar-refractivity contribution in [3.63, 3.8) is 0 Å². The molecule has 2 aromatic rings.